The molecule has 0 spiro atoms. The Bertz CT molecular complexity index is 195. The largest absolute Gasteiger partial charge is 0.444 e. The maximum absolute atomic E-state index is 11.0. The van der Waals surface area contributed by atoms with Gasteiger partial charge >= 0.3 is 6.09 Å². The highest BCUT2D eigenvalue weighted by Crippen LogP contribution is 2.06. The highest BCUT2D eigenvalue weighted by Gasteiger charge is 2.14. The summed E-state index contributed by atoms with van der Waals surface area (Å²) in [6, 6.07) is 0. The number of nitrogens with one attached hydrogen (secondary N) is 1. The molecule has 0 bridgehead atoms. The normalized spacial score (nSPS) is 10.6. The first-order valence-corrected chi connectivity index (χ1v) is 5.62. The van der Waals surface area contributed by atoms with Crippen LogP contribution in [-0.4, -0.2) is 23.4 Å². The summed E-state index contributed by atoms with van der Waals surface area (Å²) in [4.78, 5) is 11.0. The van der Waals surface area contributed by atoms with E-state index in [-0.39, 0.29) is 6.61 Å². The van der Waals surface area contributed by atoms with Crippen LogP contribution in [0.1, 0.15) is 47.5 Å². The van der Waals surface area contributed by atoms with E-state index in [1.165, 1.54) is 0 Å². The summed E-state index contributed by atoms with van der Waals surface area (Å²) in [6.45, 7) is 9.52. The molecular formula is C12H25NO3. The molecular weight excluding hydrogens is 206 g/mol. The smallest absolute Gasteiger partial charge is 0.411 e. The molecule has 0 saturated heterocycles. The zero-order valence-electron chi connectivity index (χ0n) is 11.0. The molecule has 0 rings (SSSR count). The number of allylic oxidation sites excluding steroid dienone is 1. The first kappa shape index (κ1) is 17.4. The van der Waals surface area contributed by atoms with Gasteiger partial charge < -0.3 is 9.84 Å². The molecule has 0 aromatic carbocycles. The molecule has 0 aromatic rings. The number of alkyl carbamates (subject to hydrolysis) is 1. The molecule has 0 fully saturated rings. The van der Waals surface area contributed by atoms with Gasteiger partial charge in [-0.05, 0) is 34.1 Å². The van der Waals surface area contributed by atoms with Crippen molar-refractivity contribution in [2.75, 3.05) is 6.61 Å². The summed E-state index contributed by atoms with van der Waals surface area (Å²) < 4.78 is 5.02. The van der Waals surface area contributed by atoms with Crippen LogP contribution >= 0.6 is 0 Å². The van der Waals surface area contributed by atoms with Crippen molar-refractivity contribution in [1.29, 1.82) is 0 Å². The summed E-state index contributed by atoms with van der Waals surface area (Å²) in [7, 11) is 0. The fourth-order valence-electron chi connectivity index (χ4n) is 0.685. The van der Waals surface area contributed by atoms with Gasteiger partial charge in [0.05, 0.1) is 0 Å². The van der Waals surface area contributed by atoms with E-state index in [2.05, 4.69) is 12.2 Å². The second-order valence-electron chi connectivity index (χ2n) is 4.15. The van der Waals surface area contributed by atoms with Crippen molar-refractivity contribution in [3.63, 3.8) is 0 Å². The summed E-state index contributed by atoms with van der Waals surface area (Å²) in [5, 5.41) is 10.1. The lowest BCUT2D eigenvalue weighted by atomic mass is 10.2. The van der Waals surface area contributed by atoms with E-state index in [1.807, 2.05) is 26.8 Å². The van der Waals surface area contributed by atoms with Crippen molar-refractivity contribution < 1.29 is 14.6 Å². The Kier molecular flexibility index (Phi) is 11.4. The van der Waals surface area contributed by atoms with Gasteiger partial charge in [-0.2, -0.15) is 0 Å². The minimum Gasteiger partial charge on any atom is -0.444 e. The van der Waals surface area contributed by atoms with E-state index >= 15 is 0 Å². The average molecular weight is 231 g/mol. The predicted molar refractivity (Wildman–Crippen MR) is 66.2 cm³/mol. The monoisotopic (exact) mass is 231 g/mol. The standard InChI is InChI=1S/C10H19NO2.C2H6O/c1-5-6-7-8-11-9(12)13-10(2,3)4;1-2-3/h7-8H,5-6H2,1-4H3,(H,11,12);3H,2H2,1H3/b8-7+;. The molecule has 16 heavy (non-hydrogen) atoms. The van der Waals surface area contributed by atoms with Crippen LogP contribution in [-0.2, 0) is 4.74 Å². The van der Waals surface area contributed by atoms with Crippen LogP contribution < -0.4 is 5.32 Å². The number of ether oxygens (including phenoxy) is 1. The predicted octanol–water partition coefficient (Wildman–Crippen LogP) is 2.82. The Balaban J connectivity index is 0. The third-order valence-corrected chi connectivity index (χ3v) is 1.17. The van der Waals surface area contributed by atoms with Crippen molar-refractivity contribution in [3.8, 4) is 0 Å². The molecule has 4 heteroatoms. The zero-order chi connectivity index (χ0) is 13.0. The van der Waals surface area contributed by atoms with Gasteiger partial charge in [0.25, 0.3) is 0 Å². The first-order valence-electron chi connectivity index (χ1n) is 5.62. The third kappa shape index (κ3) is 18.7. The molecule has 0 aliphatic rings. The lowest BCUT2D eigenvalue weighted by Crippen LogP contribution is -2.29. The van der Waals surface area contributed by atoms with E-state index in [0.29, 0.717) is 0 Å². The molecule has 2 N–H and O–H groups in total. The van der Waals surface area contributed by atoms with Crippen LogP contribution in [0.4, 0.5) is 4.79 Å². The quantitative estimate of drug-likeness (QED) is 0.785. The van der Waals surface area contributed by atoms with Crippen LogP contribution in [0.2, 0.25) is 0 Å². The van der Waals surface area contributed by atoms with Crippen molar-refractivity contribution in [3.05, 3.63) is 12.3 Å². The number of rotatable bonds is 3. The third-order valence-electron chi connectivity index (χ3n) is 1.17. The van der Waals surface area contributed by atoms with Gasteiger partial charge in [-0.15, -0.1) is 0 Å². The second-order valence-corrected chi connectivity index (χ2v) is 4.15. The molecule has 0 radical (unpaired) electrons. The topological polar surface area (TPSA) is 58.6 Å². The lowest BCUT2D eigenvalue weighted by molar-refractivity contribution is 0.0552. The van der Waals surface area contributed by atoms with E-state index < -0.39 is 11.7 Å². The SMILES string of the molecule is CCC/C=C/NC(=O)OC(C)(C)C.CCO. The Labute approximate surface area is 98.7 Å². The summed E-state index contributed by atoms with van der Waals surface area (Å²) in [5.41, 5.74) is -0.428. The molecule has 0 heterocycles. The van der Waals surface area contributed by atoms with Crippen LogP contribution in [0.5, 0.6) is 0 Å². The maximum Gasteiger partial charge on any atom is 0.411 e. The van der Waals surface area contributed by atoms with Gasteiger partial charge in [0.2, 0.25) is 0 Å². The number of aliphatic hydroxyl groups is 1. The molecule has 0 atom stereocenters. The molecule has 1 amide bonds. The van der Waals surface area contributed by atoms with E-state index in [9.17, 15) is 4.79 Å². The van der Waals surface area contributed by atoms with E-state index in [4.69, 9.17) is 9.84 Å². The van der Waals surface area contributed by atoms with E-state index in [1.54, 1.807) is 13.1 Å². The fourth-order valence-corrected chi connectivity index (χ4v) is 0.685. The number of hydrogen-bond acceptors (Lipinski definition) is 3. The highest BCUT2D eigenvalue weighted by molar-refractivity contribution is 5.68. The second kappa shape index (κ2) is 10.5. The van der Waals surface area contributed by atoms with Gasteiger partial charge in [-0.3, -0.25) is 5.32 Å². The number of aliphatic hydroxyl groups excluding tert-OH is 1. The van der Waals surface area contributed by atoms with E-state index in [0.717, 1.165) is 12.8 Å². The Hall–Kier alpha value is -1.03. The van der Waals surface area contributed by atoms with Crippen LogP contribution in [0.15, 0.2) is 12.3 Å². The maximum atomic E-state index is 11.0. The Morgan fingerprint density at radius 1 is 1.38 bits per heavy atom. The van der Waals surface area contributed by atoms with Gasteiger partial charge in [0.1, 0.15) is 5.60 Å². The number of unbranched alkanes of at least 4 members (excludes halogenated alkanes) is 1. The summed E-state index contributed by atoms with van der Waals surface area (Å²) in [5.74, 6) is 0. The van der Waals surface area contributed by atoms with Crippen molar-refractivity contribution in [1.82, 2.24) is 5.32 Å². The van der Waals surface area contributed by atoms with Gasteiger partial charge in [0, 0.05) is 12.8 Å². The van der Waals surface area contributed by atoms with Gasteiger partial charge in [-0.1, -0.05) is 19.4 Å². The van der Waals surface area contributed by atoms with Crippen LogP contribution in [0, 0.1) is 0 Å². The fraction of sp³-hybridized carbons (Fsp3) is 0.750. The van der Waals surface area contributed by atoms with Crippen molar-refractivity contribution >= 4 is 6.09 Å². The van der Waals surface area contributed by atoms with Gasteiger partial charge in [0.15, 0.2) is 0 Å². The van der Waals surface area contributed by atoms with Crippen LogP contribution in [0.25, 0.3) is 0 Å². The number of amides is 1. The highest BCUT2D eigenvalue weighted by atomic mass is 16.6. The molecule has 4 nitrogen and oxygen atoms in total. The molecule has 96 valence electrons. The number of hydrogen-bond donors (Lipinski definition) is 2. The summed E-state index contributed by atoms with van der Waals surface area (Å²) in [6.07, 6.45) is 5.17. The van der Waals surface area contributed by atoms with Crippen molar-refractivity contribution in [2.45, 2.75) is 53.1 Å². The average Bonchev–Trinajstić information content (AvgIpc) is 2.11. The molecule has 0 aromatic heterocycles. The summed E-state index contributed by atoms with van der Waals surface area (Å²) >= 11 is 0. The first-order chi connectivity index (χ1) is 7.37. The molecule has 0 unspecified atom stereocenters. The molecule has 0 aliphatic heterocycles. The Morgan fingerprint density at radius 3 is 2.25 bits per heavy atom. The minimum atomic E-state index is -0.428. The molecule has 0 saturated carbocycles. The van der Waals surface area contributed by atoms with Crippen molar-refractivity contribution in [2.24, 2.45) is 0 Å². The minimum absolute atomic E-state index is 0.250. The Morgan fingerprint density at radius 2 is 1.88 bits per heavy atom. The van der Waals surface area contributed by atoms with Gasteiger partial charge in [-0.25, -0.2) is 4.79 Å². The lowest BCUT2D eigenvalue weighted by Gasteiger charge is -2.18. The zero-order valence-corrected chi connectivity index (χ0v) is 11.0. The van der Waals surface area contributed by atoms with Crippen LogP contribution in [0.3, 0.4) is 0 Å². The number of carbonyl (C=O) groups excluding carboxylic acids is 1. The number of carbonyl (C=O) groups is 1. The molecule has 0 aliphatic carbocycles.